The smallest absolute Gasteiger partial charge is 0.236 e. The molecule has 1 heterocycles. The number of aryl methyl sites for hydroxylation is 1. The zero-order chi connectivity index (χ0) is 15.4. The molecule has 0 aliphatic carbocycles. The van der Waals surface area contributed by atoms with E-state index < -0.39 is 0 Å². The largest absolute Gasteiger partial charge is 0.351 e. The fourth-order valence-electron chi connectivity index (χ4n) is 2.95. The van der Waals surface area contributed by atoms with Crippen molar-refractivity contribution in [2.75, 3.05) is 19.6 Å². The number of rotatable bonds is 5. The maximum atomic E-state index is 11.4. The minimum absolute atomic E-state index is 0.0640. The lowest BCUT2D eigenvalue weighted by Crippen LogP contribution is -2.45. The Morgan fingerprint density at radius 1 is 1.43 bits per heavy atom. The Morgan fingerprint density at radius 3 is 2.90 bits per heavy atom. The Hall–Kier alpha value is -1.43. The van der Waals surface area contributed by atoms with Crippen molar-refractivity contribution in [1.29, 1.82) is 0 Å². The first kappa shape index (κ1) is 15.9. The van der Waals surface area contributed by atoms with E-state index in [0.717, 1.165) is 26.1 Å². The van der Waals surface area contributed by atoms with Gasteiger partial charge in [-0.2, -0.15) is 5.48 Å². The van der Waals surface area contributed by atoms with Crippen LogP contribution in [-0.4, -0.2) is 41.7 Å². The van der Waals surface area contributed by atoms with E-state index in [1.54, 1.807) is 0 Å². The number of hydroxylamine groups is 1. The van der Waals surface area contributed by atoms with Crippen LogP contribution in [0.1, 0.15) is 29.2 Å². The van der Waals surface area contributed by atoms with Crippen molar-refractivity contribution in [3.8, 4) is 0 Å². The maximum Gasteiger partial charge on any atom is 0.236 e. The molecular weight excluding hydrogens is 266 g/mol. The fourth-order valence-corrected chi connectivity index (χ4v) is 2.95. The molecule has 0 saturated carbocycles. The van der Waals surface area contributed by atoms with Gasteiger partial charge in [-0.25, -0.2) is 0 Å². The van der Waals surface area contributed by atoms with Gasteiger partial charge >= 0.3 is 0 Å². The number of hydrogen-bond donors (Lipinski definition) is 3. The summed E-state index contributed by atoms with van der Waals surface area (Å²) in [5.74, 6) is -0.186. The number of benzene rings is 1. The highest BCUT2D eigenvalue weighted by Crippen LogP contribution is 2.24. The first-order valence-corrected chi connectivity index (χ1v) is 7.48. The summed E-state index contributed by atoms with van der Waals surface area (Å²) in [7, 11) is 0. The number of nitrogens with one attached hydrogen (secondary N) is 2. The third kappa shape index (κ3) is 4.03. The lowest BCUT2D eigenvalue weighted by Gasteiger charge is -2.32. The monoisotopic (exact) mass is 291 g/mol. The van der Waals surface area contributed by atoms with Gasteiger partial charge in [-0.1, -0.05) is 12.1 Å². The van der Waals surface area contributed by atoms with Gasteiger partial charge < -0.3 is 10.5 Å². The number of carbonyl (C=O) groups excluding carboxylic acids is 1. The SMILES string of the molecule is Cc1ccc2c(c1C)CN(C[C@H](C)NC(=O)CNO)CC2. The quantitative estimate of drug-likeness (QED) is 0.712. The summed E-state index contributed by atoms with van der Waals surface area (Å²) in [5, 5.41) is 11.4. The summed E-state index contributed by atoms with van der Waals surface area (Å²) in [6.07, 6.45) is 1.06. The predicted molar refractivity (Wildman–Crippen MR) is 82.3 cm³/mol. The Labute approximate surface area is 126 Å². The molecule has 1 aromatic rings. The number of nitrogens with zero attached hydrogens (tertiary/aromatic N) is 1. The molecule has 0 radical (unpaired) electrons. The molecule has 1 aliphatic rings. The van der Waals surface area contributed by atoms with Crippen LogP contribution in [0, 0.1) is 13.8 Å². The molecule has 0 fully saturated rings. The van der Waals surface area contributed by atoms with E-state index in [4.69, 9.17) is 5.21 Å². The van der Waals surface area contributed by atoms with E-state index in [0.29, 0.717) is 0 Å². The summed E-state index contributed by atoms with van der Waals surface area (Å²) in [6, 6.07) is 4.51. The van der Waals surface area contributed by atoms with Crippen LogP contribution in [0.3, 0.4) is 0 Å². The zero-order valence-corrected chi connectivity index (χ0v) is 13.1. The van der Waals surface area contributed by atoms with Crippen molar-refractivity contribution in [2.24, 2.45) is 0 Å². The fraction of sp³-hybridized carbons (Fsp3) is 0.562. The average Bonchev–Trinajstić information content (AvgIpc) is 2.43. The van der Waals surface area contributed by atoms with Gasteiger partial charge in [0.25, 0.3) is 0 Å². The topological polar surface area (TPSA) is 64.6 Å². The molecule has 1 amide bonds. The molecule has 1 aromatic carbocycles. The Morgan fingerprint density at radius 2 is 2.19 bits per heavy atom. The highest BCUT2D eigenvalue weighted by atomic mass is 16.5. The molecule has 116 valence electrons. The lowest BCUT2D eigenvalue weighted by molar-refractivity contribution is -0.122. The van der Waals surface area contributed by atoms with Crippen molar-refractivity contribution in [3.63, 3.8) is 0 Å². The molecule has 0 spiro atoms. The molecule has 1 aliphatic heterocycles. The average molecular weight is 291 g/mol. The Balaban J connectivity index is 1.95. The molecular formula is C16H25N3O2. The van der Waals surface area contributed by atoms with E-state index in [-0.39, 0.29) is 18.5 Å². The highest BCUT2D eigenvalue weighted by Gasteiger charge is 2.20. The van der Waals surface area contributed by atoms with E-state index in [9.17, 15) is 4.79 Å². The van der Waals surface area contributed by atoms with Crippen LogP contribution in [0.2, 0.25) is 0 Å². The van der Waals surface area contributed by atoms with Gasteiger partial charge in [0.2, 0.25) is 5.91 Å². The molecule has 5 nitrogen and oxygen atoms in total. The number of fused-ring (bicyclic) bond motifs is 1. The van der Waals surface area contributed by atoms with Crippen molar-refractivity contribution >= 4 is 5.91 Å². The van der Waals surface area contributed by atoms with Crippen LogP contribution >= 0.6 is 0 Å². The number of carbonyl (C=O) groups is 1. The first-order chi connectivity index (χ1) is 10.0. The summed E-state index contributed by atoms with van der Waals surface area (Å²) in [6.45, 7) is 9.06. The number of hydrogen-bond acceptors (Lipinski definition) is 4. The molecule has 3 N–H and O–H groups in total. The van der Waals surface area contributed by atoms with Crippen LogP contribution in [-0.2, 0) is 17.8 Å². The standard InChI is InChI=1S/C16H25N3O2/c1-11-4-5-14-6-7-19(10-15(14)13(11)3)9-12(2)18-16(20)8-17-21/h4-5,12,17,21H,6-10H2,1-3H3,(H,18,20)/t12-/m0/s1. The second-order valence-corrected chi connectivity index (χ2v) is 5.93. The van der Waals surface area contributed by atoms with Crippen LogP contribution in [0.4, 0.5) is 0 Å². The second kappa shape index (κ2) is 7.02. The van der Waals surface area contributed by atoms with Crippen molar-refractivity contribution in [1.82, 2.24) is 15.7 Å². The molecule has 0 saturated heterocycles. The van der Waals surface area contributed by atoms with Crippen LogP contribution in [0.15, 0.2) is 12.1 Å². The minimum Gasteiger partial charge on any atom is -0.351 e. The third-order valence-corrected chi connectivity index (χ3v) is 4.22. The molecule has 0 unspecified atom stereocenters. The van der Waals surface area contributed by atoms with Gasteiger partial charge in [0, 0.05) is 25.7 Å². The molecule has 2 rings (SSSR count). The van der Waals surface area contributed by atoms with E-state index >= 15 is 0 Å². The van der Waals surface area contributed by atoms with E-state index in [1.807, 2.05) is 12.4 Å². The minimum atomic E-state index is -0.186. The summed E-state index contributed by atoms with van der Waals surface area (Å²) >= 11 is 0. The summed E-state index contributed by atoms with van der Waals surface area (Å²) in [4.78, 5) is 13.8. The molecule has 1 atom stereocenters. The highest BCUT2D eigenvalue weighted by molar-refractivity contribution is 5.78. The molecule has 0 aromatic heterocycles. The normalized spacial score (nSPS) is 16.4. The first-order valence-electron chi connectivity index (χ1n) is 7.48. The van der Waals surface area contributed by atoms with Crippen molar-refractivity contribution in [3.05, 3.63) is 34.4 Å². The van der Waals surface area contributed by atoms with Gasteiger partial charge in [-0.05, 0) is 49.4 Å². The van der Waals surface area contributed by atoms with Gasteiger partial charge in [0.1, 0.15) is 0 Å². The Bertz CT molecular complexity index is 516. The summed E-state index contributed by atoms with van der Waals surface area (Å²) in [5.41, 5.74) is 7.50. The van der Waals surface area contributed by atoms with Crippen LogP contribution in [0.5, 0.6) is 0 Å². The van der Waals surface area contributed by atoms with Gasteiger partial charge in [-0.3, -0.25) is 9.69 Å². The number of amides is 1. The van der Waals surface area contributed by atoms with Gasteiger partial charge in [0.15, 0.2) is 0 Å². The van der Waals surface area contributed by atoms with Crippen molar-refractivity contribution in [2.45, 2.75) is 39.8 Å². The van der Waals surface area contributed by atoms with Gasteiger partial charge in [-0.15, -0.1) is 0 Å². The maximum absolute atomic E-state index is 11.4. The predicted octanol–water partition coefficient (Wildman–Crippen LogP) is 1.15. The van der Waals surface area contributed by atoms with E-state index in [2.05, 4.69) is 36.2 Å². The lowest BCUT2D eigenvalue weighted by atomic mass is 9.92. The van der Waals surface area contributed by atoms with Gasteiger partial charge in [0.05, 0.1) is 6.54 Å². The second-order valence-electron chi connectivity index (χ2n) is 5.93. The van der Waals surface area contributed by atoms with E-state index in [1.165, 1.54) is 22.3 Å². The molecule has 0 bridgehead atoms. The molecule has 21 heavy (non-hydrogen) atoms. The van der Waals surface area contributed by atoms with Crippen LogP contribution < -0.4 is 10.8 Å². The zero-order valence-electron chi connectivity index (χ0n) is 13.1. The van der Waals surface area contributed by atoms with Crippen LogP contribution in [0.25, 0.3) is 0 Å². The summed E-state index contributed by atoms with van der Waals surface area (Å²) < 4.78 is 0. The molecule has 5 heteroatoms. The third-order valence-electron chi connectivity index (χ3n) is 4.22. The van der Waals surface area contributed by atoms with Crippen molar-refractivity contribution < 1.29 is 10.0 Å². The Kier molecular flexibility index (Phi) is 5.33.